The maximum Gasteiger partial charge on any atom is 0.311 e. The average molecular weight is 343 g/mol. The van der Waals surface area contributed by atoms with E-state index in [1.54, 1.807) is 41.3 Å². The van der Waals surface area contributed by atoms with Crippen LogP contribution in [0, 0.1) is 11.7 Å². The van der Waals surface area contributed by atoms with Crippen LogP contribution in [0.4, 0.5) is 10.1 Å². The van der Waals surface area contributed by atoms with Gasteiger partial charge >= 0.3 is 5.97 Å². The topological polar surface area (TPSA) is 55.8 Å². The van der Waals surface area contributed by atoms with E-state index in [2.05, 4.69) is 0 Å². The van der Waals surface area contributed by atoms with Crippen LogP contribution >= 0.6 is 0 Å². The van der Waals surface area contributed by atoms with E-state index in [4.69, 9.17) is 9.47 Å². The van der Waals surface area contributed by atoms with E-state index in [1.807, 2.05) is 0 Å². The Morgan fingerprint density at radius 1 is 1.24 bits per heavy atom. The van der Waals surface area contributed by atoms with Gasteiger partial charge in [0.15, 0.2) is 0 Å². The average Bonchev–Trinajstić information content (AvgIpc) is 3.01. The van der Waals surface area contributed by atoms with Gasteiger partial charge in [-0.1, -0.05) is 12.1 Å². The van der Waals surface area contributed by atoms with E-state index in [9.17, 15) is 14.0 Å². The van der Waals surface area contributed by atoms with Crippen LogP contribution in [0.5, 0.6) is 5.75 Å². The highest BCUT2D eigenvalue weighted by molar-refractivity contribution is 5.99. The first-order valence-corrected chi connectivity index (χ1v) is 7.92. The lowest BCUT2D eigenvalue weighted by Crippen LogP contribution is -2.26. The highest BCUT2D eigenvalue weighted by Crippen LogP contribution is 2.27. The molecule has 2 aromatic rings. The molecule has 130 valence electrons. The lowest BCUT2D eigenvalue weighted by Gasteiger charge is -2.17. The van der Waals surface area contributed by atoms with Crippen LogP contribution in [-0.2, 0) is 20.9 Å². The fraction of sp³-hybridized carbons (Fsp3) is 0.263. The van der Waals surface area contributed by atoms with Crippen molar-refractivity contribution in [3.63, 3.8) is 0 Å². The molecule has 0 bridgehead atoms. The van der Waals surface area contributed by atoms with Gasteiger partial charge in [0.25, 0.3) is 0 Å². The smallest absolute Gasteiger partial charge is 0.311 e. The number of esters is 1. The third-order valence-corrected chi connectivity index (χ3v) is 4.10. The van der Waals surface area contributed by atoms with E-state index in [0.29, 0.717) is 18.0 Å². The van der Waals surface area contributed by atoms with Gasteiger partial charge in [-0.05, 0) is 42.0 Å². The van der Waals surface area contributed by atoms with Gasteiger partial charge in [-0.25, -0.2) is 4.39 Å². The Bertz CT molecular complexity index is 775. The normalized spacial score (nSPS) is 16.8. The van der Waals surface area contributed by atoms with Crippen LogP contribution in [0.2, 0.25) is 0 Å². The van der Waals surface area contributed by atoms with Crippen molar-refractivity contribution in [3.05, 3.63) is 59.9 Å². The molecule has 0 radical (unpaired) electrons. The van der Waals surface area contributed by atoms with Gasteiger partial charge in [0.05, 0.1) is 13.0 Å². The Kier molecular flexibility index (Phi) is 4.97. The highest BCUT2D eigenvalue weighted by atomic mass is 19.1. The lowest BCUT2D eigenvalue weighted by molar-refractivity contribution is -0.145. The Hall–Kier alpha value is -2.89. The molecule has 0 aromatic heterocycles. The lowest BCUT2D eigenvalue weighted by atomic mass is 10.1. The number of nitrogens with zero attached hydrogens (tertiary/aromatic N) is 1. The van der Waals surface area contributed by atoms with E-state index in [0.717, 1.165) is 5.56 Å². The molecule has 1 atom stereocenters. The predicted octanol–water partition coefficient (Wildman–Crippen LogP) is 2.93. The van der Waals surface area contributed by atoms with Crippen LogP contribution in [0.15, 0.2) is 48.5 Å². The van der Waals surface area contributed by atoms with E-state index < -0.39 is 5.92 Å². The minimum absolute atomic E-state index is 0.108. The van der Waals surface area contributed by atoms with E-state index in [-0.39, 0.29) is 30.7 Å². The number of ether oxygens (including phenoxy) is 2. The molecule has 5 nitrogen and oxygen atoms in total. The van der Waals surface area contributed by atoms with Crippen molar-refractivity contribution >= 4 is 17.6 Å². The molecule has 1 heterocycles. The number of rotatable bonds is 5. The molecule has 2 aromatic carbocycles. The molecule has 25 heavy (non-hydrogen) atoms. The number of benzene rings is 2. The van der Waals surface area contributed by atoms with Crippen molar-refractivity contribution in [2.75, 3.05) is 18.6 Å². The number of hydrogen-bond acceptors (Lipinski definition) is 4. The molecule has 1 saturated heterocycles. The summed E-state index contributed by atoms with van der Waals surface area (Å²) < 4.78 is 23.5. The van der Waals surface area contributed by atoms with Crippen molar-refractivity contribution in [2.24, 2.45) is 5.92 Å². The third kappa shape index (κ3) is 3.96. The molecule has 6 heteroatoms. The first kappa shape index (κ1) is 17.0. The number of anilines is 1. The Morgan fingerprint density at radius 3 is 2.68 bits per heavy atom. The summed E-state index contributed by atoms with van der Waals surface area (Å²) in [4.78, 5) is 25.2. The summed E-state index contributed by atoms with van der Waals surface area (Å²) in [7, 11) is 1.32. The Balaban J connectivity index is 1.62. The molecule has 0 saturated carbocycles. The summed E-state index contributed by atoms with van der Waals surface area (Å²) in [5, 5.41) is 0. The van der Waals surface area contributed by atoms with Crippen LogP contribution in [0.25, 0.3) is 0 Å². The first-order valence-electron chi connectivity index (χ1n) is 7.92. The molecule has 1 fully saturated rings. The third-order valence-electron chi connectivity index (χ3n) is 4.10. The Labute approximate surface area is 145 Å². The number of amides is 1. The summed E-state index contributed by atoms with van der Waals surface area (Å²) in [5.74, 6) is -0.593. The maximum absolute atomic E-state index is 13.1. The van der Waals surface area contributed by atoms with E-state index >= 15 is 0 Å². The molecule has 3 rings (SSSR count). The van der Waals surface area contributed by atoms with Gasteiger partial charge in [-0.3, -0.25) is 9.59 Å². The van der Waals surface area contributed by atoms with Crippen molar-refractivity contribution in [3.8, 4) is 5.75 Å². The van der Waals surface area contributed by atoms with Gasteiger partial charge in [0, 0.05) is 18.7 Å². The molecule has 1 aliphatic heterocycles. The van der Waals surface area contributed by atoms with Crippen molar-refractivity contribution < 1.29 is 23.5 Å². The van der Waals surface area contributed by atoms with Gasteiger partial charge in [-0.2, -0.15) is 0 Å². The zero-order chi connectivity index (χ0) is 17.8. The molecule has 0 spiro atoms. The highest BCUT2D eigenvalue weighted by Gasteiger charge is 2.35. The zero-order valence-corrected chi connectivity index (χ0v) is 13.8. The van der Waals surface area contributed by atoms with Crippen LogP contribution in [0.3, 0.4) is 0 Å². The zero-order valence-electron chi connectivity index (χ0n) is 13.8. The van der Waals surface area contributed by atoms with Gasteiger partial charge in [-0.15, -0.1) is 0 Å². The molecule has 1 aliphatic rings. The fourth-order valence-corrected chi connectivity index (χ4v) is 2.80. The van der Waals surface area contributed by atoms with Gasteiger partial charge in [0.2, 0.25) is 5.91 Å². The quantitative estimate of drug-likeness (QED) is 0.784. The molecule has 1 amide bonds. The molecule has 0 unspecified atom stereocenters. The summed E-state index contributed by atoms with van der Waals surface area (Å²) in [6.45, 7) is 0.569. The molecular formula is C19H18FNO4. The van der Waals surface area contributed by atoms with Gasteiger partial charge < -0.3 is 14.4 Å². The number of methoxy groups -OCH3 is 1. The number of halogens is 1. The second-order valence-corrected chi connectivity index (χ2v) is 5.84. The summed E-state index contributed by atoms with van der Waals surface area (Å²) in [6.07, 6.45) is 0.157. The number of carbonyl (C=O) groups is 2. The minimum Gasteiger partial charge on any atom is -0.489 e. The van der Waals surface area contributed by atoms with Crippen LogP contribution in [0.1, 0.15) is 12.0 Å². The first-order chi connectivity index (χ1) is 12.1. The van der Waals surface area contributed by atoms with Crippen molar-refractivity contribution in [1.82, 2.24) is 0 Å². The largest absolute Gasteiger partial charge is 0.489 e. The van der Waals surface area contributed by atoms with Crippen molar-refractivity contribution in [1.29, 1.82) is 0 Å². The van der Waals surface area contributed by atoms with Crippen molar-refractivity contribution in [2.45, 2.75) is 13.0 Å². The van der Waals surface area contributed by atoms with Crippen LogP contribution in [-0.4, -0.2) is 25.5 Å². The summed E-state index contributed by atoms with van der Waals surface area (Å²) in [5.41, 5.74) is 1.44. The standard InChI is InChI=1S/C19H18FNO4/c1-24-19(23)14-10-18(22)21(11-14)16-5-7-17(8-6-16)25-12-13-3-2-4-15(20)9-13/h2-9,14H,10-12H2,1H3/t14-/m0/s1. The number of hydrogen-bond donors (Lipinski definition) is 0. The van der Waals surface area contributed by atoms with E-state index in [1.165, 1.54) is 19.2 Å². The maximum atomic E-state index is 13.1. The summed E-state index contributed by atoms with van der Waals surface area (Å²) >= 11 is 0. The fourth-order valence-electron chi connectivity index (χ4n) is 2.80. The Morgan fingerprint density at radius 2 is 2.00 bits per heavy atom. The molecular weight excluding hydrogens is 325 g/mol. The second-order valence-electron chi connectivity index (χ2n) is 5.84. The number of carbonyl (C=O) groups excluding carboxylic acids is 2. The van der Waals surface area contributed by atoms with Crippen LogP contribution < -0.4 is 9.64 Å². The molecule has 0 N–H and O–H groups in total. The SMILES string of the molecule is COC(=O)[C@H]1CC(=O)N(c2ccc(OCc3cccc(F)c3)cc2)C1. The molecule has 0 aliphatic carbocycles. The van der Waals surface area contributed by atoms with Gasteiger partial charge in [0.1, 0.15) is 18.2 Å². The predicted molar refractivity (Wildman–Crippen MR) is 89.7 cm³/mol. The second kappa shape index (κ2) is 7.34. The monoisotopic (exact) mass is 343 g/mol. The summed E-state index contributed by atoms with van der Waals surface area (Å²) in [6, 6.07) is 13.2. The minimum atomic E-state index is -0.429.